The van der Waals surface area contributed by atoms with Crippen molar-refractivity contribution in [1.29, 1.82) is 0 Å². The number of carboxylic acids is 1. The fourth-order valence-electron chi connectivity index (χ4n) is 6.08. The molecule has 4 rings (SSSR count). The molecule has 2 saturated carbocycles. The second-order valence-corrected chi connectivity index (χ2v) is 11.8. The number of carbonyl (C=O) groups is 2. The third-order valence-electron chi connectivity index (χ3n) is 8.62. The Morgan fingerprint density at radius 2 is 1.82 bits per heavy atom. The Labute approximate surface area is 202 Å². The van der Waals surface area contributed by atoms with E-state index in [9.17, 15) is 24.6 Å². The zero-order valence-electron chi connectivity index (χ0n) is 20.9. The van der Waals surface area contributed by atoms with Crippen molar-refractivity contribution in [3.63, 3.8) is 0 Å². The number of likely N-dealkylation sites (tertiary alicyclic amines) is 1. The zero-order valence-corrected chi connectivity index (χ0v) is 20.9. The van der Waals surface area contributed by atoms with Gasteiger partial charge in [0.2, 0.25) is 5.91 Å². The van der Waals surface area contributed by atoms with Gasteiger partial charge in [-0.3, -0.25) is 9.59 Å². The molecule has 0 spiro atoms. The van der Waals surface area contributed by atoms with Gasteiger partial charge in [0.25, 0.3) is 5.56 Å². The highest BCUT2D eigenvalue weighted by Crippen LogP contribution is 2.42. The molecular formula is C27H40N2O5. The number of rotatable bonds is 7. The van der Waals surface area contributed by atoms with Crippen molar-refractivity contribution in [2.45, 2.75) is 96.6 Å². The Kier molecular flexibility index (Phi) is 6.96. The molecule has 1 aliphatic heterocycles. The number of hydrogen-bond acceptors (Lipinski definition) is 4. The SMILES string of the molecule is CC(CC1CCCCC1)C(=O)N1CCC(O)(Cn2cc(C(=O)O)c(C3CC3)cc2=O)C(C)(C)C1. The van der Waals surface area contributed by atoms with Gasteiger partial charge in [0.1, 0.15) is 0 Å². The van der Waals surface area contributed by atoms with E-state index in [1.54, 1.807) is 0 Å². The largest absolute Gasteiger partial charge is 0.478 e. The number of hydrogen-bond donors (Lipinski definition) is 2. The molecule has 0 radical (unpaired) electrons. The smallest absolute Gasteiger partial charge is 0.337 e. The van der Waals surface area contributed by atoms with Crippen LogP contribution in [0.3, 0.4) is 0 Å². The molecule has 7 heteroatoms. The third kappa shape index (κ3) is 5.09. The van der Waals surface area contributed by atoms with Gasteiger partial charge in [0, 0.05) is 36.7 Å². The molecule has 2 N–H and O–H groups in total. The van der Waals surface area contributed by atoms with E-state index in [1.165, 1.54) is 48.9 Å². The van der Waals surface area contributed by atoms with Crippen LogP contribution in [0.25, 0.3) is 0 Å². The lowest BCUT2D eigenvalue weighted by atomic mass is 9.69. The number of piperidine rings is 1. The molecular weight excluding hydrogens is 432 g/mol. The van der Waals surface area contributed by atoms with Gasteiger partial charge in [-0.2, -0.15) is 0 Å². The van der Waals surface area contributed by atoms with Gasteiger partial charge in [-0.15, -0.1) is 0 Å². The van der Waals surface area contributed by atoms with Crippen LogP contribution < -0.4 is 5.56 Å². The van der Waals surface area contributed by atoms with Crippen molar-refractivity contribution in [2.24, 2.45) is 17.3 Å². The van der Waals surface area contributed by atoms with Gasteiger partial charge in [-0.05, 0) is 43.1 Å². The third-order valence-corrected chi connectivity index (χ3v) is 8.62. The van der Waals surface area contributed by atoms with Crippen LogP contribution in [0.15, 0.2) is 17.1 Å². The van der Waals surface area contributed by atoms with E-state index >= 15 is 0 Å². The molecule has 1 amide bonds. The number of aromatic nitrogens is 1. The summed E-state index contributed by atoms with van der Waals surface area (Å²) in [5.41, 5.74) is -1.41. The van der Waals surface area contributed by atoms with Crippen LogP contribution in [-0.2, 0) is 11.3 Å². The molecule has 188 valence electrons. The maximum atomic E-state index is 13.2. The molecule has 1 saturated heterocycles. The molecule has 2 aliphatic carbocycles. The molecule has 7 nitrogen and oxygen atoms in total. The van der Waals surface area contributed by atoms with Gasteiger partial charge in [0.15, 0.2) is 0 Å². The second-order valence-electron chi connectivity index (χ2n) is 11.8. The van der Waals surface area contributed by atoms with Gasteiger partial charge in [-0.1, -0.05) is 52.9 Å². The highest BCUT2D eigenvalue weighted by molar-refractivity contribution is 5.89. The summed E-state index contributed by atoms with van der Waals surface area (Å²) < 4.78 is 1.35. The summed E-state index contributed by atoms with van der Waals surface area (Å²) in [7, 11) is 0. The minimum atomic E-state index is -1.23. The van der Waals surface area contributed by atoms with Crippen molar-refractivity contribution >= 4 is 11.9 Å². The first-order valence-electron chi connectivity index (χ1n) is 13.0. The van der Waals surface area contributed by atoms with E-state index in [-0.39, 0.29) is 35.4 Å². The first-order chi connectivity index (χ1) is 16.0. The fourth-order valence-corrected chi connectivity index (χ4v) is 6.08. The summed E-state index contributed by atoms with van der Waals surface area (Å²) in [6.45, 7) is 6.76. The highest BCUT2D eigenvalue weighted by atomic mass is 16.4. The van der Waals surface area contributed by atoms with Crippen LogP contribution in [0.4, 0.5) is 0 Å². The number of nitrogens with zero attached hydrogens (tertiary/aromatic N) is 2. The van der Waals surface area contributed by atoms with Crippen molar-refractivity contribution < 1.29 is 19.8 Å². The van der Waals surface area contributed by atoms with E-state index in [2.05, 4.69) is 0 Å². The molecule has 3 fully saturated rings. The lowest BCUT2D eigenvalue weighted by Crippen LogP contribution is -2.61. The topological polar surface area (TPSA) is 99.8 Å². The van der Waals surface area contributed by atoms with Crippen molar-refractivity contribution in [1.82, 2.24) is 9.47 Å². The summed E-state index contributed by atoms with van der Waals surface area (Å²) in [6.07, 6.45) is 10.8. The molecule has 34 heavy (non-hydrogen) atoms. The second kappa shape index (κ2) is 9.48. The first kappa shape index (κ1) is 25.0. The fraction of sp³-hybridized carbons (Fsp3) is 0.741. The predicted octanol–water partition coefficient (Wildman–Crippen LogP) is 4.02. The predicted molar refractivity (Wildman–Crippen MR) is 130 cm³/mol. The minimum Gasteiger partial charge on any atom is -0.478 e. The van der Waals surface area contributed by atoms with Crippen LogP contribution in [0, 0.1) is 17.3 Å². The van der Waals surface area contributed by atoms with Crippen LogP contribution in [0.1, 0.15) is 100 Å². The Morgan fingerprint density at radius 1 is 1.15 bits per heavy atom. The van der Waals surface area contributed by atoms with E-state index in [4.69, 9.17) is 0 Å². The zero-order chi connectivity index (χ0) is 24.7. The normalized spacial score (nSPS) is 26.3. The van der Waals surface area contributed by atoms with Gasteiger partial charge in [0.05, 0.1) is 17.7 Å². The molecule has 0 bridgehead atoms. The number of carbonyl (C=O) groups excluding carboxylic acids is 1. The Hall–Kier alpha value is -2.15. The molecule has 1 aromatic heterocycles. The van der Waals surface area contributed by atoms with E-state index < -0.39 is 17.0 Å². The summed E-state index contributed by atoms with van der Waals surface area (Å²) in [5, 5.41) is 21.3. The Bertz CT molecular complexity index is 989. The molecule has 2 atom stereocenters. The standard InChI is InChI=1S/C27H40N2O5/c1-18(13-19-7-5-4-6-8-19)24(31)28-12-11-27(34,26(2,3)16-28)17-29-15-22(25(32)33)21(14-23(29)30)20-9-10-20/h14-15,18-20,34H,4-13,16-17H2,1-3H3,(H,32,33). The van der Waals surface area contributed by atoms with E-state index in [0.29, 0.717) is 31.0 Å². The molecule has 3 aliphatic rings. The van der Waals surface area contributed by atoms with Crippen molar-refractivity contribution in [2.75, 3.05) is 13.1 Å². The number of aliphatic hydroxyl groups is 1. The number of aromatic carboxylic acids is 1. The summed E-state index contributed by atoms with van der Waals surface area (Å²) in [4.78, 5) is 39.8. The van der Waals surface area contributed by atoms with Gasteiger partial charge >= 0.3 is 5.97 Å². The van der Waals surface area contributed by atoms with Gasteiger partial charge < -0.3 is 19.7 Å². The van der Waals surface area contributed by atoms with Crippen LogP contribution in [0.5, 0.6) is 0 Å². The molecule has 0 aromatic carbocycles. The summed E-state index contributed by atoms with van der Waals surface area (Å²) in [5.74, 6) is -0.135. The van der Waals surface area contributed by atoms with E-state index in [0.717, 1.165) is 19.3 Å². The quantitative estimate of drug-likeness (QED) is 0.624. The van der Waals surface area contributed by atoms with Crippen molar-refractivity contribution in [3.8, 4) is 0 Å². The van der Waals surface area contributed by atoms with Crippen LogP contribution in [-0.4, -0.2) is 50.2 Å². The maximum Gasteiger partial charge on any atom is 0.337 e. The number of carboxylic acid groups (broad SMARTS) is 1. The summed E-state index contributed by atoms with van der Waals surface area (Å²) >= 11 is 0. The lowest BCUT2D eigenvalue weighted by Gasteiger charge is -2.51. The summed E-state index contributed by atoms with van der Waals surface area (Å²) in [6, 6.07) is 1.43. The number of amides is 1. The van der Waals surface area contributed by atoms with Gasteiger partial charge in [-0.25, -0.2) is 4.79 Å². The average molecular weight is 473 g/mol. The average Bonchev–Trinajstić information content (AvgIpc) is 3.62. The Morgan fingerprint density at radius 3 is 2.41 bits per heavy atom. The molecule has 2 unspecified atom stereocenters. The number of pyridine rings is 1. The monoisotopic (exact) mass is 472 g/mol. The van der Waals surface area contributed by atoms with E-state index in [1.807, 2.05) is 25.7 Å². The first-order valence-corrected chi connectivity index (χ1v) is 13.0. The molecule has 2 heterocycles. The van der Waals surface area contributed by atoms with Crippen LogP contribution in [0.2, 0.25) is 0 Å². The Balaban J connectivity index is 1.46. The van der Waals surface area contributed by atoms with Crippen molar-refractivity contribution in [3.05, 3.63) is 33.7 Å². The highest BCUT2D eigenvalue weighted by Gasteiger charge is 2.49. The molecule has 1 aromatic rings. The maximum absolute atomic E-state index is 13.2. The minimum absolute atomic E-state index is 0.0176. The van der Waals surface area contributed by atoms with Crippen LogP contribution >= 0.6 is 0 Å². The lowest BCUT2D eigenvalue weighted by molar-refractivity contribution is -0.157.